The second-order valence-electron chi connectivity index (χ2n) is 9.07. The highest BCUT2D eigenvalue weighted by atomic mass is 28.4. The summed E-state index contributed by atoms with van der Waals surface area (Å²) in [5, 5.41) is 0.223. The van der Waals surface area contributed by atoms with Crippen LogP contribution in [0.25, 0.3) is 0 Å². The summed E-state index contributed by atoms with van der Waals surface area (Å²) in [5.41, 5.74) is 1.03. The SMILES string of the molecule is COc1ccc(C2OCC(C)C(C(C)CO[Si](C)(C)C(C)(C)C)O2)cc1. The Morgan fingerprint density at radius 2 is 1.81 bits per heavy atom. The molecule has 4 nitrogen and oxygen atoms in total. The summed E-state index contributed by atoms with van der Waals surface area (Å²) in [4.78, 5) is 0. The zero-order valence-electron chi connectivity index (χ0n) is 17.7. The van der Waals surface area contributed by atoms with Crippen molar-refractivity contribution in [3.05, 3.63) is 29.8 Å². The Labute approximate surface area is 160 Å². The fourth-order valence-electron chi connectivity index (χ4n) is 2.93. The summed E-state index contributed by atoms with van der Waals surface area (Å²) >= 11 is 0. The van der Waals surface area contributed by atoms with Crippen LogP contribution in [0.5, 0.6) is 5.75 Å². The third-order valence-electron chi connectivity index (χ3n) is 5.81. The molecule has 1 fully saturated rings. The molecule has 0 radical (unpaired) electrons. The van der Waals surface area contributed by atoms with E-state index in [2.05, 4.69) is 47.7 Å². The van der Waals surface area contributed by atoms with Gasteiger partial charge in [0, 0.05) is 24.0 Å². The number of benzene rings is 1. The molecule has 0 N–H and O–H groups in total. The lowest BCUT2D eigenvalue weighted by atomic mass is 9.93. The summed E-state index contributed by atoms with van der Waals surface area (Å²) in [6.45, 7) is 17.3. The van der Waals surface area contributed by atoms with Crippen molar-refractivity contribution in [2.24, 2.45) is 11.8 Å². The topological polar surface area (TPSA) is 36.9 Å². The minimum absolute atomic E-state index is 0.126. The van der Waals surface area contributed by atoms with Gasteiger partial charge in [-0.25, -0.2) is 0 Å². The van der Waals surface area contributed by atoms with Crippen molar-refractivity contribution in [3.63, 3.8) is 0 Å². The zero-order chi connectivity index (χ0) is 19.5. The molecule has 1 aromatic rings. The van der Waals surface area contributed by atoms with E-state index in [-0.39, 0.29) is 17.4 Å². The predicted octanol–water partition coefficient (Wildman–Crippen LogP) is 5.40. The summed E-state index contributed by atoms with van der Waals surface area (Å²) in [5.74, 6) is 1.51. The van der Waals surface area contributed by atoms with Gasteiger partial charge in [0.15, 0.2) is 14.6 Å². The first-order chi connectivity index (χ1) is 12.0. The van der Waals surface area contributed by atoms with E-state index >= 15 is 0 Å². The fraction of sp³-hybridized carbons (Fsp3) is 0.714. The van der Waals surface area contributed by atoms with Crippen LogP contribution < -0.4 is 4.74 Å². The van der Waals surface area contributed by atoms with Gasteiger partial charge in [0.05, 0.1) is 19.8 Å². The molecule has 4 atom stereocenters. The third-order valence-corrected chi connectivity index (χ3v) is 10.3. The zero-order valence-corrected chi connectivity index (χ0v) is 18.7. The van der Waals surface area contributed by atoms with Gasteiger partial charge < -0.3 is 18.6 Å². The maximum atomic E-state index is 6.43. The van der Waals surface area contributed by atoms with Gasteiger partial charge in [0.2, 0.25) is 0 Å². The van der Waals surface area contributed by atoms with Gasteiger partial charge >= 0.3 is 0 Å². The van der Waals surface area contributed by atoms with Gasteiger partial charge in [-0.2, -0.15) is 0 Å². The van der Waals surface area contributed by atoms with Crippen LogP contribution in [0.1, 0.15) is 46.5 Å². The van der Waals surface area contributed by atoms with Crippen LogP contribution in [-0.2, 0) is 13.9 Å². The Balaban J connectivity index is 2.00. The van der Waals surface area contributed by atoms with Crippen molar-refractivity contribution in [2.75, 3.05) is 20.3 Å². The molecule has 0 saturated carbocycles. The molecular weight excluding hydrogens is 344 g/mol. The molecule has 1 aliphatic heterocycles. The van der Waals surface area contributed by atoms with Crippen LogP contribution in [-0.4, -0.2) is 34.7 Å². The summed E-state index contributed by atoms with van der Waals surface area (Å²) in [6.07, 6.45) is -0.196. The van der Waals surface area contributed by atoms with E-state index in [1.165, 1.54) is 0 Å². The molecule has 1 aromatic carbocycles. The molecule has 148 valence electrons. The van der Waals surface area contributed by atoms with Crippen molar-refractivity contribution in [3.8, 4) is 5.75 Å². The van der Waals surface area contributed by atoms with Crippen LogP contribution in [0.2, 0.25) is 18.1 Å². The van der Waals surface area contributed by atoms with E-state index in [1.807, 2.05) is 24.3 Å². The molecule has 0 aromatic heterocycles. The Morgan fingerprint density at radius 3 is 2.35 bits per heavy atom. The number of ether oxygens (including phenoxy) is 3. The first-order valence-electron chi connectivity index (χ1n) is 9.60. The highest BCUT2D eigenvalue weighted by Gasteiger charge is 2.39. The van der Waals surface area contributed by atoms with Crippen molar-refractivity contribution < 1.29 is 18.6 Å². The van der Waals surface area contributed by atoms with Gasteiger partial charge in [0.25, 0.3) is 0 Å². The summed E-state index contributed by atoms with van der Waals surface area (Å²) in [6, 6.07) is 7.90. The smallest absolute Gasteiger partial charge is 0.191 e. The van der Waals surface area contributed by atoms with E-state index in [0.717, 1.165) is 17.9 Å². The van der Waals surface area contributed by atoms with Gasteiger partial charge in [-0.1, -0.05) is 46.8 Å². The largest absolute Gasteiger partial charge is 0.497 e. The van der Waals surface area contributed by atoms with E-state index in [1.54, 1.807) is 7.11 Å². The maximum Gasteiger partial charge on any atom is 0.191 e. The van der Waals surface area contributed by atoms with Crippen molar-refractivity contribution in [1.82, 2.24) is 0 Å². The molecule has 0 bridgehead atoms. The maximum absolute atomic E-state index is 6.43. The van der Waals surface area contributed by atoms with Crippen LogP contribution in [0.3, 0.4) is 0 Å². The first kappa shape index (κ1) is 21.4. The second-order valence-corrected chi connectivity index (χ2v) is 13.9. The number of hydrogen-bond donors (Lipinski definition) is 0. The van der Waals surface area contributed by atoms with Crippen molar-refractivity contribution in [2.45, 2.75) is 65.1 Å². The highest BCUT2D eigenvalue weighted by molar-refractivity contribution is 6.74. The van der Waals surface area contributed by atoms with Crippen LogP contribution >= 0.6 is 0 Å². The van der Waals surface area contributed by atoms with Gasteiger partial charge in [-0.05, 0) is 30.3 Å². The molecule has 2 rings (SSSR count). The number of methoxy groups -OCH3 is 1. The lowest BCUT2D eigenvalue weighted by molar-refractivity contribution is -0.251. The Kier molecular flexibility index (Phi) is 6.94. The molecule has 26 heavy (non-hydrogen) atoms. The molecule has 4 unspecified atom stereocenters. The number of hydrogen-bond acceptors (Lipinski definition) is 4. The molecule has 0 aliphatic carbocycles. The van der Waals surface area contributed by atoms with E-state index < -0.39 is 8.32 Å². The van der Waals surface area contributed by atoms with Crippen molar-refractivity contribution >= 4 is 8.32 Å². The fourth-order valence-corrected chi connectivity index (χ4v) is 4.04. The standard InChI is InChI=1S/C21H36O4Si/c1-15-13-23-20(17-9-11-18(22-6)12-10-17)25-19(15)16(2)14-24-26(7,8)21(3,4)5/h9-12,15-16,19-20H,13-14H2,1-8H3. The van der Waals surface area contributed by atoms with Gasteiger partial charge in [0.1, 0.15) is 5.75 Å². The van der Waals surface area contributed by atoms with E-state index in [9.17, 15) is 0 Å². The Morgan fingerprint density at radius 1 is 1.19 bits per heavy atom. The van der Waals surface area contributed by atoms with Crippen LogP contribution in [0.15, 0.2) is 24.3 Å². The normalized spacial score (nSPS) is 25.8. The van der Waals surface area contributed by atoms with Gasteiger partial charge in [-0.3, -0.25) is 0 Å². The molecule has 0 spiro atoms. The minimum Gasteiger partial charge on any atom is -0.497 e. The Bertz CT molecular complexity index is 564. The number of rotatable bonds is 6. The van der Waals surface area contributed by atoms with E-state index in [4.69, 9.17) is 18.6 Å². The van der Waals surface area contributed by atoms with Crippen LogP contribution in [0, 0.1) is 11.8 Å². The Hall–Kier alpha value is -0.883. The average molecular weight is 381 g/mol. The molecule has 1 heterocycles. The molecule has 1 saturated heterocycles. The lowest BCUT2D eigenvalue weighted by Gasteiger charge is -2.41. The first-order valence-corrected chi connectivity index (χ1v) is 12.5. The third kappa shape index (κ3) is 5.09. The monoisotopic (exact) mass is 380 g/mol. The molecular formula is C21H36O4Si. The molecule has 0 amide bonds. The second kappa shape index (κ2) is 8.42. The average Bonchev–Trinajstić information content (AvgIpc) is 2.59. The van der Waals surface area contributed by atoms with E-state index in [0.29, 0.717) is 18.4 Å². The van der Waals surface area contributed by atoms with Crippen LogP contribution in [0.4, 0.5) is 0 Å². The molecule has 1 aliphatic rings. The highest BCUT2D eigenvalue weighted by Crippen LogP contribution is 2.38. The summed E-state index contributed by atoms with van der Waals surface area (Å²) < 4.78 is 23.9. The predicted molar refractivity (Wildman–Crippen MR) is 108 cm³/mol. The summed E-state index contributed by atoms with van der Waals surface area (Å²) in [7, 11) is -0.0744. The van der Waals surface area contributed by atoms with Gasteiger partial charge in [-0.15, -0.1) is 0 Å². The lowest BCUT2D eigenvalue weighted by Crippen LogP contribution is -2.45. The quantitative estimate of drug-likeness (QED) is 0.619. The van der Waals surface area contributed by atoms with Crippen molar-refractivity contribution in [1.29, 1.82) is 0 Å². The minimum atomic E-state index is -1.75. The molecule has 5 heteroatoms.